The Morgan fingerprint density at radius 3 is 2.90 bits per heavy atom. The number of benzene rings is 1. The van der Waals surface area contributed by atoms with Gasteiger partial charge in [-0.15, -0.1) is 0 Å². The van der Waals surface area contributed by atoms with Crippen molar-refractivity contribution in [3.05, 3.63) is 55.6 Å². The summed E-state index contributed by atoms with van der Waals surface area (Å²) in [6, 6.07) is 6.75. The molecule has 0 aliphatic carbocycles. The van der Waals surface area contributed by atoms with Gasteiger partial charge in [-0.3, -0.25) is 10.1 Å². The number of hydrogen-bond donors (Lipinski definition) is 1. The quantitative estimate of drug-likeness (QED) is 0.633. The van der Waals surface area contributed by atoms with Crippen LogP contribution in [0.4, 0.5) is 11.5 Å². The molecule has 2 rings (SSSR count). The Kier molecular flexibility index (Phi) is 4.98. The maximum atomic E-state index is 10.7. The molecule has 1 aromatic heterocycles. The summed E-state index contributed by atoms with van der Waals surface area (Å²) < 4.78 is 5.75. The minimum Gasteiger partial charge on any atom is -0.496 e. The minimum absolute atomic E-state index is 0.0808. The summed E-state index contributed by atoms with van der Waals surface area (Å²) in [5, 5.41) is 14.3. The number of nitrogens with one attached hydrogen (secondary N) is 1. The van der Waals surface area contributed by atoms with Gasteiger partial charge in [0.1, 0.15) is 17.8 Å². The van der Waals surface area contributed by atoms with E-state index in [0.29, 0.717) is 27.6 Å². The normalized spacial score (nSPS) is 10.2. The van der Waals surface area contributed by atoms with E-state index in [2.05, 4.69) is 26.2 Å². The van der Waals surface area contributed by atoms with Crippen LogP contribution >= 0.6 is 27.5 Å². The molecule has 1 aromatic carbocycles. The topological polar surface area (TPSA) is 77.3 Å². The molecule has 2 aromatic rings. The molecule has 1 heterocycles. The fourth-order valence-electron chi connectivity index (χ4n) is 1.73. The van der Waals surface area contributed by atoms with Crippen molar-refractivity contribution in [2.45, 2.75) is 6.54 Å². The van der Waals surface area contributed by atoms with Crippen LogP contribution in [0.5, 0.6) is 5.75 Å². The first-order chi connectivity index (χ1) is 10.0. The van der Waals surface area contributed by atoms with Gasteiger partial charge in [-0.25, -0.2) is 4.98 Å². The molecular weight excluding hydrogens is 362 g/mol. The molecule has 0 saturated heterocycles. The average Bonchev–Trinajstić information content (AvgIpc) is 2.46. The van der Waals surface area contributed by atoms with Gasteiger partial charge in [0, 0.05) is 23.2 Å². The highest BCUT2D eigenvalue weighted by Crippen LogP contribution is 2.29. The van der Waals surface area contributed by atoms with Crippen molar-refractivity contribution < 1.29 is 9.66 Å². The number of pyridine rings is 1. The summed E-state index contributed by atoms with van der Waals surface area (Å²) in [6.07, 6.45) is 1.19. The summed E-state index contributed by atoms with van der Waals surface area (Å²) in [7, 11) is 1.56. The minimum atomic E-state index is -0.501. The Balaban J connectivity index is 2.19. The third kappa shape index (κ3) is 3.62. The Morgan fingerprint density at radius 1 is 1.52 bits per heavy atom. The van der Waals surface area contributed by atoms with E-state index >= 15 is 0 Å². The highest BCUT2D eigenvalue weighted by Gasteiger charge is 2.12. The lowest BCUT2D eigenvalue weighted by Crippen LogP contribution is -2.05. The van der Waals surface area contributed by atoms with E-state index in [1.54, 1.807) is 25.3 Å². The summed E-state index contributed by atoms with van der Waals surface area (Å²) in [5.74, 6) is 1.15. The first-order valence-electron chi connectivity index (χ1n) is 5.88. The molecule has 0 saturated carbocycles. The second-order valence-corrected chi connectivity index (χ2v) is 5.32. The van der Waals surface area contributed by atoms with E-state index in [9.17, 15) is 10.1 Å². The molecule has 0 spiro atoms. The number of anilines is 1. The van der Waals surface area contributed by atoms with Crippen LogP contribution in [0.2, 0.25) is 5.02 Å². The second-order valence-electron chi connectivity index (χ2n) is 4.06. The number of hydrogen-bond acceptors (Lipinski definition) is 5. The zero-order valence-corrected chi connectivity index (χ0v) is 13.3. The van der Waals surface area contributed by atoms with Gasteiger partial charge >= 0.3 is 0 Å². The molecule has 0 bridgehead atoms. The van der Waals surface area contributed by atoms with Crippen molar-refractivity contribution >= 4 is 39.0 Å². The molecule has 6 nitrogen and oxygen atoms in total. The largest absolute Gasteiger partial charge is 0.496 e. The van der Waals surface area contributed by atoms with Crippen LogP contribution in [0, 0.1) is 10.1 Å². The maximum Gasteiger partial charge on any atom is 0.288 e. The van der Waals surface area contributed by atoms with Crippen LogP contribution in [0.1, 0.15) is 5.56 Å². The summed E-state index contributed by atoms with van der Waals surface area (Å²) in [5.41, 5.74) is 0.705. The van der Waals surface area contributed by atoms with Crippen molar-refractivity contribution in [3.8, 4) is 5.75 Å². The molecule has 0 amide bonds. The average molecular weight is 373 g/mol. The van der Waals surface area contributed by atoms with Crippen LogP contribution in [-0.2, 0) is 6.54 Å². The van der Waals surface area contributed by atoms with Crippen molar-refractivity contribution in [1.82, 2.24) is 4.98 Å². The third-order valence-corrected chi connectivity index (χ3v) is 3.72. The number of nitro groups is 1. The fourth-order valence-corrected chi connectivity index (χ4v) is 2.44. The van der Waals surface area contributed by atoms with Gasteiger partial charge in [0.05, 0.1) is 16.5 Å². The zero-order chi connectivity index (χ0) is 15.4. The van der Waals surface area contributed by atoms with E-state index in [4.69, 9.17) is 16.3 Å². The van der Waals surface area contributed by atoms with Gasteiger partial charge < -0.3 is 10.1 Å². The highest BCUT2D eigenvalue weighted by molar-refractivity contribution is 9.10. The summed E-state index contributed by atoms with van der Waals surface area (Å²) in [6.45, 7) is 0.381. The predicted octanol–water partition coefficient (Wildman–Crippen LogP) is 4.03. The van der Waals surface area contributed by atoms with Crippen molar-refractivity contribution in [3.63, 3.8) is 0 Å². The summed E-state index contributed by atoms with van der Waals surface area (Å²) in [4.78, 5) is 14.2. The van der Waals surface area contributed by atoms with Crippen LogP contribution in [0.25, 0.3) is 0 Å². The van der Waals surface area contributed by atoms with Crippen molar-refractivity contribution in [2.24, 2.45) is 0 Å². The molecule has 0 aliphatic heterocycles. The molecule has 1 N–H and O–H groups in total. The number of aromatic nitrogens is 1. The second kappa shape index (κ2) is 6.73. The molecule has 8 heteroatoms. The Morgan fingerprint density at radius 2 is 2.29 bits per heavy atom. The number of halogens is 2. The fraction of sp³-hybridized carbons (Fsp3) is 0.154. The molecular formula is C13H11BrClN3O3. The first kappa shape index (κ1) is 15.5. The zero-order valence-electron chi connectivity index (χ0n) is 11.0. The summed E-state index contributed by atoms with van der Waals surface area (Å²) >= 11 is 9.39. The molecule has 0 fully saturated rings. The number of nitrogens with zero attached hydrogens (tertiary/aromatic N) is 2. The van der Waals surface area contributed by atoms with E-state index in [1.807, 2.05) is 0 Å². The van der Waals surface area contributed by atoms with E-state index in [-0.39, 0.29) is 5.69 Å². The van der Waals surface area contributed by atoms with Gasteiger partial charge in [-0.2, -0.15) is 0 Å². The third-order valence-electron chi connectivity index (χ3n) is 2.77. The molecule has 0 unspecified atom stereocenters. The number of ether oxygens (including phenoxy) is 1. The van der Waals surface area contributed by atoms with E-state index in [0.717, 1.165) is 5.56 Å². The van der Waals surface area contributed by atoms with Gasteiger partial charge in [-0.1, -0.05) is 17.7 Å². The van der Waals surface area contributed by atoms with Gasteiger partial charge in [-0.05, 0) is 28.1 Å². The highest BCUT2D eigenvalue weighted by atomic mass is 79.9. The molecule has 0 aliphatic rings. The number of rotatable bonds is 5. The lowest BCUT2D eigenvalue weighted by Gasteiger charge is -2.12. The SMILES string of the molecule is COc1cccc(Cl)c1CNc1ncc([N+](=O)[O-])cc1Br. The molecule has 21 heavy (non-hydrogen) atoms. The number of methoxy groups -OCH3 is 1. The molecule has 110 valence electrons. The lowest BCUT2D eigenvalue weighted by atomic mass is 10.2. The molecule has 0 radical (unpaired) electrons. The van der Waals surface area contributed by atoms with Crippen LogP contribution in [0.15, 0.2) is 34.9 Å². The standard InChI is InChI=1S/C13H11BrClN3O3/c1-21-12-4-2-3-11(15)9(12)7-17-13-10(14)5-8(6-16-13)18(19)20/h2-6H,7H2,1H3,(H,16,17). The molecule has 0 atom stereocenters. The van der Waals surface area contributed by atoms with Crippen LogP contribution in [0.3, 0.4) is 0 Å². The lowest BCUT2D eigenvalue weighted by molar-refractivity contribution is -0.385. The Bertz CT molecular complexity index is 682. The van der Waals surface area contributed by atoms with Gasteiger partial charge in [0.25, 0.3) is 5.69 Å². The van der Waals surface area contributed by atoms with E-state index in [1.165, 1.54) is 12.3 Å². The van der Waals surface area contributed by atoms with Crippen LogP contribution in [-0.4, -0.2) is 17.0 Å². The predicted molar refractivity (Wildman–Crippen MR) is 83.9 cm³/mol. The van der Waals surface area contributed by atoms with E-state index < -0.39 is 4.92 Å². The van der Waals surface area contributed by atoms with Gasteiger partial charge in [0.15, 0.2) is 0 Å². The Hall–Kier alpha value is -1.86. The van der Waals surface area contributed by atoms with Crippen molar-refractivity contribution in [1.29, 1.82) is 0 Å². The maximum absolute atomic E-state index is 10.7. The smallest absolute Gasteiger partial charge is 0.288 e. The first-order valence-corrected chi connectivity index (χ1v) is 7.05. The van der Waals surface area contributed by atoms with Gasteiger partial charge in [0.2, 0.25) is 0 Å². The van der Waals surface area contributed by atoms with Crippen LogP contribution < -0.4 is 10.1 Å². The monoisotopic (exact) mass is 371 g/mol. The van der Waals surface area contributed by atoms with Crippen molar-refractivity contribution in [2.75, 3.05) is 12.4 Å². The Labute approximate surface area is 134 Å².